The first-order chi connectivity index (χ1) is 29.0. The van der Waals surface area contributed by atoms with E-state index in [4.69, 9.17) is 0 Å². The van der Waals surface area contributed by atoms with Crippen molar-refractivity contribution in [2.45, 2.75) is 6.54 Å². The smallest absolute Gasteiger partial charge is 0.0488 e. The van der Waals surface area contributed by atoms with Gasteiger partial charge in [-0.15, -0.1) is 11.3 Å². The number of rotatable bonds is 12. The lowest BCUT2D eigenvalue weighted by molar-refractivity contribution is 0.970. The third kappa shape index (κ3) is 7.54. The van der Waals surface area contributed by atoms with Crippen molar-refractivity contribution < 1.29 is 0 Å². The van der Waals surface area contributed by atoms with E-state index < -0.39 is 0 Å². The first kappa shape index (κ1) is 37.4. The summed E-state index contributed by atoms with van der Waals surface area (Å²) in [6.07, 6.45) is 3.84. The van der Waals surface area contributed by atoms with Crippen molar-refractivity contribution in [2.75, 3.05) is 28.8 Å². The van der Waals surface area contributed by atoms with E-state index in [1.54, 1.807) is 0 Å². The molecule has 0 saturated heterocycles. The monoisotopic (exact) mass is 779 g/mol. The minimum absolute atomic E-state index is 0.682. The van der Waals surface area contributed by atoms with E-state index in [0.717, 1.165) is 39.6 Å². The SMILES string of the molecule is C=Cc1ccc(N(Cc2cc(N(C)c3cccc4ccc(-c5cccc6sc(-c7ccc(N(C)c8ccccc8)cc7)cc56)cc34)ccc2C=C)c2ccccc2)cc1. The Morgan fingerprint density at radius 3 is 1.86 bits per heavy atom. The zero-order chi connectivity index (χ0) is 40.3. The van der Waals surface area contributed by atoms with E-state index >= 15 is 0 Å². The van der Waals surface area contributed by atoms with Gasteiger partial charge in [-0.25, -0.2) is 0 Å². The lowest BCUT2D eigenvalue weighted by Gasteiger charge is -2.28. The summed E-state index contributed by atoms with van der Waals surface area (Å²) in [5.74, 6) is 0. The van der Waals surface area contributed by atoms with Gasteiger partial charge >= 0.3 is 0 Å². The average Bonchev–Trinajstić information content (AvgIpc) is 3.75. The molecule has 9 rings (SSSR count). The molecule has 0 bridgehead atoms. The van der Waals surface area contributed by atoms with Crippen LogP contribution in [-0.2, 0) is 6.54 Å². The van der Waals surface area contributed by atoms with Crippen LogP contribution in [0.5, 0.6) is 0 Å². The van der Waals surface area contributed by atoms with Gasteiger partial charge in [0.05, 0.1) is 0 Å². The first-order valence-electron chi connectivity index (χ1n) is 20.0. The van der Waals surface area contributed by atoms with Crippen LogP contribution in [0.4, 0.5) is 34.1 Å². The fraction of sp³-hybridized carbons (Fsp3) is 0.0545. The second-order valence-electron chi connectivity index (χ2n) is 14.8. The number of fused-ring (bicyclic) bond motifs is 2. The largest absolute Gasteiger partial charge is 0.345 e. The maximum absolute atomic E-state index is 4.20. The van der Waals surface area contributed by atoms with Gasteiger partial charge in [-0.3, -0.25) is 0 Å². The van der Waals surface area contributed by atoms with Gasteiger partial charge in [0, 0.05) is 75.1 Å². The average molecular weight is 780 g/mol. The van der Waals surface area contributed by atoms with Crippen LogP contribution in [0.25, 0.3) is 54.6 Å². The summed E-state index contributed by atoms with van der Waals surface area (Å²) in [5, 5.41) is 3.69. The number of hydrogen-bond donors (Lipinski definition) is 0. The van der Waals surface area contributed by atoms with Crippen LogP contribution in [-0.4, -0.2) is 14.1 Å². The molecule has 59 heavy (non-hydrogen) atoms. The Kier molecular flexibility index (Phi) is 10.4. The highest BCUT2D eigenvalue weighted by atomic mass is 32.1. The van der Waals surface area contributed by atoms with Crippen LogP contribution in [0, 0.1) is 0 Å². The Labute approximate surface area is 351 Å². The molecular weight excluding hydrogens is 735 g/mol. The van der Waals surface area contributed by atoms with Gasteiger partial charge in [0.15, 0.2) is 0 Å². The zero-order valence-corrected chi connectivity index (χ0v) is 34.2. The number of hydrogen-bond acceptors (Lipinski definition) is 4. The van der Waals surface area contributed by atoms with Crippen molar-refractivity contribution in [1.29, 1.82) is 0 Å². The number of nitrogens with zero attached hydrogens (tertiary/aromatic N) is 3. The second kappa shape index (κ2) is 16.4. The highest BCUT2D eigenvalue weighted by Crippen LogP contribution is 2.42. The Hall–Kier alpha value is -7.14. The molecule has 0 saturated carbocycles. The number of para-hydroxylation sites is 2. The summed E-state index contributed by atoms with van der Waals surface area (Å²) in [5.41, 5.74) is 13.9. The fourth-order valence-corrected chi connectivity index (χ4v) is 9.09. The summed E-state index contributed by atoms with van der Waals surface area (Å²) in [4.78, 5) is 8.16. The Morgan fingerprint density at radius 1 is 0.492 bits per heavy atom. The Balaban J connectivity index is 1.04. The van der Waals surface area contributed by atoms with Gasteiger partial charge in [-0.1, -0.05) is 128 Å². The van der Waals surface area contributed by atoms with E-state index in [1.165, 1.54) is 53.7 Å². The van der Waals surface area contributed by atoms with Crippen molar-refractivity contribution >= 4 is 78.5 Å². The highest BCUT2D eigenvalue weighted by molar-refractivity contribution is 7.22. The minimum atomic E-state index is 0.682. The lowest BCUT2D eigenvalue weighted by atomic mass is 9.97. The normalized spacial score (nSPS) is 11.1. The van der Waals surface area contributed by atoms with E-state index in [0.29, 0.717) is 6.54 Å². The molecule has 0 aliphatic carbocycles. The molecule has 0 amide bonds. The minimum Gasteiger partial charge on any atom is -0.345 e. The van der Waals surface area contributed by atoms with Crippen LogP contribution in [0.2, 0.25) is 0 Å². The first-order valence-corrected chi connectivity index (χ1v) is 20.8. The highest BCUT2D eigenvalue weighted by Gasteiger charge is 2.17. The quantitative estimate of drug-likeness (QED) is 0.122. The third-order valence-electron chi connectivity index (χ3n) is 11.3. The standard InChI is InChI=1S/C55H45N3S/c1-5-39-23-30-48(31-24-39)58(47-18-11-8-12-19-47)38-44-35-49(34-27-40(44)6-2)57(4)53-21-13-15-41-25-26-43(36-51(41)53)50-20-14-22-54-52(50)37-55(59-54)42-28-32-46(33-29-42)56(3)45-16-9-7-10-17-45/h5-37H,1-2,38H2,3-4H3. The summed E-state index contributed by atoms with van der Waals surface area (Å²) < 4.78 is 1.28. The predicted molar refractivity (Wildman–Crippen MR) is 258 cm³/mol. The molecule has 0 fully saturated rings. The van der Waals surface area contributed by atoms with Crippen molar-refractivity contribution in [3.8, 4) is 21.6 Å². The topological polar surface area (TPSA) is 9.72 Å². The molecule has 8 aromatic carbocycles. The van der Waals surface area contributed by atoms with Crippen molar-refractivity contribution in [1.82, 2.24) is 0 Å². The summed E-state index contributed by atoms with van der Waals surface area (Å²) >= 11 is 1.85. The van der Waals surface area contributed by atoms with Gasteiger partial charge in [-0.2, -0.15) is 0 Å². The third-order valence-corrected chi connectivity index (χ3v) is 12.5. The number of thiophene rings is 1. The zero-order valence-electron chi connectivity index (χ0n) is 33.4. The van der Waals surface area contributed by atoms with E-state index in [-0.39, 0.29) is 0 Å². The van der Waals surface area contributed by atoms with E-state index in [2.05, 4.69) is 230 Å². The maximum Gasteiger partial charge on any atom is 0.0488 e. The molecule has 1 heterocycles. The molecule has 0 aliphatic heterocycles. The van der Waals surface area contributed by atoms with E-state index in [9.17, 15) is 0 Å². The molecule has 0 aliphatic rings. The summed E-state index contributed by atoms with van der Waals surface area (Å²) in [7, 11) is 4.29. The Morgan fingerprint density at radius 2 is 1.14 bits per heavy atom. The Bertz CT molecular complexity index is 2910. The molecule has 4 heteroatoms. The van der Waals surface area contributed by atoms with Gasteiger partial charge in [0.1, 0.15) is 0 Å². The fourth-order valence-electron chi connectivity index (χ4n) is 8.00. The molecule has 286 valence electrons. The maximum atomic E-state index is 4.20. The van der Waals surface area contributed by atoms with Gasteiger partial charge in [0.2, 0.25) is 0 Å². The number of benzene rings is 8. The molecular formula is C55H45N3S. The predicted octanol–water partition coefficient (Wildman–Crippen LogP) is 15.5. The lowest BCUT2D eigenvalue weighted by Crippen LogP contribution is -2.18. The van der Waals surface area contributed by atoms with Crippen molar-refractivity contribution in [3.05, 3.63) is 218 Å². The number of anilines is 6. The van der Waals surface area contributed by atoms with Crippen LogP contribution >= 0.6 is 11.3 Å². The van der Waals surface area contributed by atoms with E-state index in [1.807, 2.05) is 23.5 Å². The molecule has 0 unspecified atom stereocenters. The van der Waals surface area contributed by atoms with Crippen LogP contribution < -0.4 is 14.7 Å². The van der Waals surface area contributed by atoms with Crippen molar-refractivity contribution in [3.63, 3.8) is 0 Å². The van der Waals surface area contributed by atoms with Gasteiger partial charge in [0.25, 0.3) is 0 Å². The molecule has 9 aromatic rings. The van der Waals surface area contributed by atoms with Crippen LogP contribution in [0.15, 0.2) is 201 Å². The second-order valence-corrected chi connectivity index (χ2v) is 15.9. The molecule has 3 nitrogen and oxygen atoms in total. The molecule has 1 aromatic heterocycles. The van der Waals surface area contributed by atoms with Crippen LogP contribution in [0.1, 0.15) is 16.7 Å². The van der Waals surface area contributed by atoms with Crippen LogP contribution in [0.3, 0.4) is 0 Å². The van der Waals surface area contributed by atoms with Gasteiger partial charge < -0.3 is 14.7 Å². The molecule has 0 radical (unpaired) electrons. The summed E-state index contributed by atoms with van der Waals surface area (Å²) in [6.45, 7) is 8.83. The molecule has 0 atom stereocenters. The van der Waals surface area contributed by atoms with Crippen molar-refractivity contribution in [2.24, 2.45) is 0 Å². The summed E-state index contributed by atoms with van der Waals surface area (Å²) in [6, 6.07) is 67.8. The van der Waals surface area contributed by atoms with Gasteiger partial charge in [-0.05, 0) is 124 Å². The molecule has 0 spiro atoms. The molecule has 0 N–H and O–H groups in total.